The van der Waals surface area contributed by atoms with Crippen LogP contribution in [0.25, 0.3) is 15.9 Å². The van der Waals surface area contributed by atoms with Crippen molar-refractivity contribution >= 4 is 42.6 Å². The van der Waals surface area contributed by atoms with Crippen molar-refractivity contribution in [2.75, 3.05) is 18.4 Å². The standard InChI is InChI=1S/C24H25N5O3S2/c1-16-20(17(2)29(27-16)18-8-4-3-5-9-18)15-23(30)26-24-25-21-11-10-19(14-22(21)33-24)34(31,32)28-12-6-7-13-28/h3-5,8-11,14H,6-7,12-13,15H2,1-2H3,(H,25,26,30). The molecule has 2 aromatic carbocycles. The molecule has 0 bridgehead atoms. The van der Waals surface area contributed by atoms with E-state index in [0.29, 0.717) is 23.7 Å². The van der Waals surface area contributed by atoms with Gasteiger partial charge in [0, 0.05) is 24.3 Å². The molecule has 2 aromatic heterocycles. The molecule has 1 amide bonds. The zero-order valence-corrected chi connectivity index (χ0v) is 20.6. The number of carbonyl (C=O) groups is 1. The zero-order valence-electron chi connectivity index (χ0n) is 19.0. The molecule has 4 aromatic rings. The van der Waals surface area contributed by atoms with E-state index in [4.69, 9.17) is 0 Å². The number of benzene rings is 2. The van der Waals surface area contributed by atoms with Gasteiger partial charge in [0.25, 0.3) is 0 Å². The number of fused-ring (bicyclic) bond motifs is 1. The first-order valence-corrected chi connectivity index (χ1v) is 13.4. The highest BCUT2D eigenvalue weighted by molar-refractivity contribution is 7.89. The first-order valence-electron chi connectivity index (χ1n) is 11.1. The van der Waals surface area contributed by atoms with E-state index in [1.165, 1.54) is 15.6 Å². The van der Waals surface area contributed by atoms with Gasteiger partial charge in [-0.25, -0.2) is 18.1 Å². The molecule has 34 heavy (non-hydrogen) atoms. The van der Waals surface area contributed by atoms with Crippen LogP contribution in [0.3, 0.4) is 0 Å². The number of hydrogen-bond donors (Lipinski definition) is 1. The van der Waals surface area contributed by atoms with Crippen molar-refractivity contribution in [2.45, 2.75) is 38.0 Å². The van der Waals surface area contributed by atoms with Gasteiger partial charge in [-0.15, -0.1) is 0 Å². The van der Waals surface area contributed by atoms with Gasteiger partial charge in [-0.1, -0.05) is 29.5 Å². The van der Waals surface area contributed by atoms with E-state index in [1.54, 1.807) is 18.2 Å². The van der Waals surface area contributed by atoms with Crippen LogP contribution >= 0.6 is 11.3 Å². The van der Waals surface area contributed by atoms with Crippen LogP contribution < -0.4 is 5.32 Å². The minimum atomic E-state index is -3.50. The monoisotopic (exact) mass is 495 g/mol. The van der Waals surface area contributed by atoms with Crippen LogP contribution in [0.2, 0.25) is 0 Å². The van der Waals surface area contributed by atoms with E-state index in [9.17, 15) is 13.2 Å². The number of para-hydroxylation sites is 1. The summed E-state index contributed by atoms with van der Waals surface area (Å²) in [5.74, 6) is -0.192. The Kier molecular flexibility index (Phi) is 5.97. The Labute approximate surface area is 202 Å². The Balaban J connectivity index is 1.34. The van der Waals surface area contributed by atoms with Gasteiger partial charge in [0.2, 0.25) is 15.9 Å². The molecule has 176 valence electrons. The lowest BCUT2D eigenvalue weighted by Crippen LogP contribution is -2.27. The summed E-state index contributed by atoms with van der Waals surface area (Å²) in [4.78, 5) is 17.6. The topological polar surface area (TPSA) is 97.2 Å². The average Bonchev–Trinajstić information content (AvgIpc) is 3.55. The molecule has 8 nitrogen and oxygen atoms in total. The summed E-state index contributed by atoms with van der Waals surface area (Å²) < 4.78 is 29.8. The van der Waals surface area contributed by atoms with E-state index in [1.807, 2.05) is 48.9 Å². The van der Waals surface area contributed by atoms with Gasteiger partial charge in [-0.3, -0.25) is 4.79 Å². The van der Waals surface area contributed by atoms with E-state index in [-0.39, 0.29) is 17.2 Å². The maximum Gasteiger partial charge on any atom is 0.243 e. The fourth-order valence-electron chi connectivity index (χ4n) is 4.27. The van der Waals surface area contributed by atoms with E-state index in [2.05, 4.69) is 15.4 Å². The first-order chi connectivity index (χ1) is 16.3. The van der Waals surface area contributed by atoms with Crippen LogP contribution in [0.1, 0.15) is 29.8 Å². The van der Waals surface area contributed by atoms with Crippen molar-refractivity contribution in [3.05, 3.63) is 65.5 Å². The Hall–Kier alpha value is -3.08. The van der Waals surface area contributed by atoms with E-state index >= 15 is 0 Å². The predicted molar refractivity (Wildman–Crippen MR) is 133 cm³/mol. The molecule has 0 aliphatic carbocycles. The smallest absolute Gasteiger partial charge is 0.243 e. The SMILES string of the molecule is Cc1nn(-c2ccccc2)c(C)c1CC(=O)Nc1nc2ccc(S(=O)(=O)N3CCCC3)cc2s1. The Bertz CT molecular complexity index is 1470. The minimum absolute atomic E-state index is 0.176. The minimum Gasteiger partial charge on any atom is -0.302 e. The number of anilines is 1. The Morgan fingerprint density at radius 3 is 2.56 bits per heavy atom. The van der Waals surface area contributed by atoms with Crippen molar-refractivity contribution in [1.29, 1.82) is 0 Å². The highest BCUT2D eigenvalue weighted by Gasteiger charge is 2.27. The molecule has 0 radical (unpaired) electrons. The fourth-order valence-corrected chi connectivity index (χ4v) is 6.81. The Morgan fingerprint density at radius 2 is 1.82 bits per heavy atom. The van der Waals surface area contributed by atoms with Crippen molar-refractivity contribution in [3.63, 3.8) is 0 Å². The Morgan fingerprint density at radius 1 is 1.09 bits per heavy atom. The maximum atomic E-state index is 12.9. The van der Waals surface area contributed by atoms with Gasteiger partial charge in [-0.05, 0) is 57.0 Å². The molecular weight excluding hydrogens is 470 g/mol. The molecule has 1 aliphatic rings. The van der Waals surface area contributed by atoms with Crippen LogP contribution in [0.15, 0.2) is 53.4 Å². The van der Waals surface area contributed by atoms with E-state index in [0.717, 1.165) is 40.2 Å². The average molecular weight is 496 g/mol. The highest BCUT2D eigenvalue weighted by atomic mass is 32.2. The molecule has 1 N–H and O–H groups in total. The van der Waals surface area contributed by atoms with Crippen LogP contribution in [0.4, 0.5) is 5.13 Å². The molecule has 0 atom stereocenters. The summed E-state index contributed by atoms with van der Waals surface area (Å²) in [5.41, 5.74) is 4.20. The summed E-state index contributed by atoms with van der Waals surface area (Å²) >= 11 is 1.27. The van der Waals surface area contributed by atoms with Gasteiger partial charge in [0.1, 0.15) is 0 Å². The number of amides is 1. The number of nitrogens with zero attached hydrogens (tertiary/aromatic N) is 4. The maximum absolute atomic E-state index is 12.9. The lowest BCUT2D eigenvalue weighted by atomic mass is 10.1. The third kappa shape index (κ3) is 4.24. The summed E-state index contributed by atoms with van der Waals surface area (Å²) in [6, 6.07) is 14.7. The normalized spacial score (nSPS) is 14.6. The molecule has 1 aliphatic heterocycles. The van der Waals surface area contributed by atoms with Crippen molar-refractivity contribution < 1.29 is 13.2 Å². The largest absolute Gasteiger partial charge is 0.302 e. The molecule has 0 saturated carbocycles. The quantitative estimate of drug-likeness (QED) is 0.435. The first kappa shape index (κ1) is 22.7. The third-order valence-corrected chi connectivity index (χ3v) is 8.92. The number of sulfonamides is 1. The second-order valence-corrected chi connectivity index (χ2v) is 11.4. The van der Waals surface area contributed by atoms with Gasteiger partial charge in [0.05, 0.1) is 32.9 Å². The number of nitrogens with one attached hydrogen (secondary N) is 1. The van der Waals surface area contributed by atoms with Gasteiger partial charge in [-0.2, -0.15) is 9.40 Å². The second kappa shape index (κ2) is 8.94. The lowest BCUT2D eigenvalue weighted by molar-refractivity contribution is -0.115. The van der Waals surface area contributed by atoms with Crippen molar-refractivity contribution in [1.82, 2.24) is 19.1 Å². The van der Waals surface area contributed by atoms with Crippen LogP contribution in [0.5, 0.6) is 0 Å². The van der Waals surface area contributed by atoms with Crippen molar-refractivity contribution in [3.8, 4) is 5.69 Å². The van der Waals surface area contributed by atoms with E-state index < -0.39 is 10.0 Å². The molecule has 1 fully saturated rings. The molecule has 0 spiro atoms. The van der Waals surface area contributed by atoms with Gasteiger partial charge >= 0.3 is 0 Å². The van der Waals surface area contributed by atoms with Crippen LogP contribution in [-0.2, 0) is 21.2 Å². The summed E-state index contributed by atoms with van der Waals surface area (Å²) in [6.45, 7) is 4.97. The molecule has 5 rings (SSSR count). The van der Waals surface area contributed by atoms with Crippen LogP contribution in [0, 0.1) is 13.8 Å². The van der Waals surface area contributed by atoms with Crippen molar-refractivity contribution in [2.24, 2.45) is 0 Å². The number of aryl methyl sites for hydroxylation is 1. The number of hydrogen-bond acceptors (Lipinski definition) is 6. The number of thiazole rings is 1. The number of aromatic nitrogens is 3. The predicted octanol–water partition coefficient (Wildman–Crippen LogP) is 4.06. The molecule has 10 heteroatoms. The molecule has 1 saturated heterocycles. The second-order valence-electron chi connectivity index (χ2n) is 8.38. The van der Waals surface area contributed by atoms with Gasteiger partial charge in [0.15, 0.2) is 5.13 Å². The lowest BCUT2D eigenvalue weighted by Gasteiger charge is -2.15. The fraction of sp³-hybridized carbons (Fsp3) is 0.292. The molecule has 0 unspecified atom stereocenters. The number of carbonyl (C=O) groups excluding carboxylic acids is 1. The zero-order chi connectivity index (χ0) is 23.9. The summed E-state index contributed by atoms with van der Waals surface area (Å²) in [5, 5.41) is 7.92. The molecule has 3 heterocycles. The van der Waals surface area contributed by atoms with Gasteiger partial charge < -0.3 is 5.32 Å². The summed E-state index contributed by atoms with van der Waals surface area (Å²) in [6.07, 6.45) is 1.96. The molecular formula is C24H25N5O3S2. The third-order valence-electron chi connectivity index (χ3n) is 6.09. The van der Waals surface area contributed by atoms with Crippen LogP contribution in [-0.4, -0.2) is 46.5 Å². The number of rotatable bonds is 6. The highest BCUT2D eigenvalue weighted by Crippen LogP contribution is 2.30. The summed E-state index contributed by atoms with van der Waals surface area (Å²) in [7, 11) is -3.50.